The summed E-state index contributed by atoms with van der Waals surface area (Å²) in [6.07, 6.45) is 3.62. The normalized spacial score (nSPS) is 25.5. The second-order valence-corrected chi connectivity index (χ2v) is 7.69. The maximum atomic E-state index is 11.2. The topological polar surface area (TPSA) is 52.0 Å². The molecule has 0 saturated carbocycles. The lowest BCUT2D eigenvalue weighted by Crippen LogP contribution is -3.20. The van der Waals surface area contributed by atoms with Gasteiger partial charge in [-0.05, 0) is 11.6 Å². The van der Waals surface area contributed by atoms with E-state index in [4.69, 9.17) is 0 Å². The van der Waals surface area contributed by atoms with Crippen molar-refractivity contribution in [2.45, 2.75) is 38.4 Å². The van der Waals surface area contributed by atoms with Gasteiger partial charge in [0.1, 0.15) is 13.1 Å². The van der Waals surface area contributed by atoms with Gasteiger partial charge in [-0.3, -0.25) is 10.1 Å². The molecule has 2 aromatic carbocycles. The van der Waals surface area contributed by atoms with E-state index in [-0.39, 0.29) is 10.6 Å². The number of hydrogen-bond acceptors (Lipinski definition) is 2. The third kappa shape index (κ3) is 3.64. The van der Waals surface area contributed by atoms with Crippen molar-refractivity contribution in [1.82, 2.24) is 0 Å². The third-order valence-corrected chi connectivity index (χ3v) is 6.15. The van der Waals surface area contributed by atoms with Gasteiger partial charge in [0, 0.05) is 30.9 Å². The highest BCUT2D eigenvalue weighted by atomic mass is 16.6. The Morgan fingerprint density at radius 1 is 0.962 bits per heavy atom. The van der Waals surface area contributed by atoms with E-state index in [0.717, 1.165) is 37.8 Å². The first-order valence-electron chi connectivity index (χ1n) is 9.68. The molecule has 1 atom stereocenters. The number of nitrogens with zero attached hydrogens (tertiary/aromatic N) is 1. The molecule has 26 heavy (non-hydrogen) atoms. The number of benzene rings is 2. The molecule has 5 nitrogen and oxygen atoms in total. The van der Waals surface area contributed by atoms with Crippen molar-refractivity contribution in [3.63, 3.8) is 0 Å². The van der Waals surface area contributed by atoms with Gasteiger partial charge < -0.3 is 9.80 Å². The van der Waals surface area contributed by atoms with E-state index in [9.17, 15) is 10.1 Å². The van der Waals surface area contributed by atoms with E-state index in [1.165, 1.54) is 41.8 Å². The van der Waals surface area contributed by atoms with Gasteiger partial charge in [-0.15, -0.1) is 0 Å². The van der Waals surface area contributed by atoms with Crippen LogP contribution in [0.3, 0.4) is 0 Å². The Labute approximate surface area is 154 Å². The number of nitrogens with one attached hydrogen (secondary N) is 2. The van der Waals surface area contributed by atoms with Crippen LogP contribution in [0.4, 0.5) is 5.69 Å². The van der Waals surface area contributed by atoms with Crippen LogP contribution in [0, 0.1) is 10.1 Å². The largest absolute Gasteiger partial charge is 0.331 e. The average molecular weight is 353 g/mol. The highest BCUT2D eigenvalue weighted by molar-refractivity contribution is 5.39. The highest BCUT2D eigenvalue weighted by Crippen LogP contribution is 2.17. The molecule has 1 saturated heterocycles. The van der Waals surface area contributed by atoms with Gasteiger partial charge in [0.2, 0.25) is 0 Å². The summed E-state index contributed by atoms with van der Waals surface area (Å²) < 4.78 is 0. The number of para-hydroxylation sites is 1. The fourth-order valence-corrected chi connectivity index (χ4v) is 4.67. The summed E-state index contributed by atoms with van der Waals surface area (Å²) in [7, 11) is 0. The summed E-state index contributed by atoms with van der Waals surface area (Å²) in [6, 6.07) is 16.8. The molecule has 4 rings (SSSR count). The minimum absolute atomic E-state index is 0.253. The highest BCUT2D eigenvalue weighted by Gasteiger charge is 2.32. The average Bonchev–Trinajstić information content (AvgIpc) is 2.68. The van der Waals surface area contributed by atoms with Crippen LogP contribution < -0.4 is 9.80 Å². The molecular formula is C21H27N3O2+2. The maximum absolute atomic E-state index is 11.2. The Morgan fingerprint density at radius 2 is 1.65 bits per heavy atom. The van der Waals surface area contributed by atoms with Gasteiger partial charge in [-0.25, -0.2) is 0 Å². The van der Waals surface area contributed by atoms with Crippen LogP contribution in [-0.4, -0.2) is 30.6 Å². The number of likely N-dealkylation sites (tertiary alicyclic amines) is 1. The Bertz CT molecular complexity index is 784. The summed E-state index contributed by atoms with van der Waals surface area (Å²) >= 11 is 0. The van der Waals surface area contributed by atoms with Crippen molar-refractivity contribution in [2.75, 3.05) is 19.6 Å². The summed E-state index contributed by atoms with van der Waals surface area (Å²) in [4.78, 5) is 14.2. The van der Waals surface area contributed by atoms with Crippen LogP contribution in [0.2, 0.25) is 0 Å². The zero-order valence-corrected chi connectivity index (χ0v) is 15.1. The van der Waals surface area contributed by atoms with Crippen molar-refractivity contribution in [1.29, 1.82) is 0 Å². The van der Waals surface area contributed by atoms with Crippen LogP contribution >= 0.6 is 0 Å². The van der Waals surface area contributed by atoms with Crippen molar-refractivity contribution < 1.29 is 14.7 Å². The monoisotopic (exact) mass is 353 g/mol. The molecule has 2 aromatic rings. The summed E-state index contributed by atoms with van der Waals surface area (Å²) in [5, 5.41) is 11.2. The SMILES string of the molecule is O=[N+]([O-])c1ccccc1C[NH+]1CCC([NH+]2CCc3ccccc3C2)CC1. The molecule has 0 spiro atoms. The second kappa shape index (κ2) is 7.56. The van der Waals surface area contributed by atoms with E-state index < -0.39 is 0 Å². The lowest BCUT2D eigenvalue weighted by atomic mass is 9.95. The molecule has 5 heteroatoms. The molecule has 0 radical (unpaired) electrons. The van der Waals surface area contributed by atoms with Crippen molar-refractivity contribution in [3.8, 4) is 0 Å². The standard InChI is InChI=1S/C21H25N3O2/c25-24(26)21-8-4-3-7-19(21)15-22-12-10-20(11-13-22)23-14-9-17-5-1-2-6-18(17)16-23/h1-8,20H,9-16H2/p+2. The predicted molar refractivity (Wildman–Crippen MR) is 100 cm³/mol. The molecule has 2 aliphatic rings. The molecular weight excluding hydrogens is 326 g/mol. The Balaban J connectivity index is 1.35. The van der Waals surface area contributed by atoms with E-state index in [1.807, 2.05) is 12.1 Å². The van der Waals surface area contributed by atoms with Crippen molar-refractivity contribution in [2.24, 2.45) is 0 Å². The summed E-state index contributed by atoms with van der Waals surface area (Å²) in [6.45, 7) is 5.38. The second-order valence-electron chi connectivity index (χ2n) is 7.69. The zero-order valence-electron chi connectivity index (χ0n) is 15.1. The van der Waals surface area contributed by atoms with E-state index in [0.29, 0.717) is 0 Å². The van der Waals surface area contributed by atoms with Gasteiger partial charge in [-0.1, -0.05) is 36.4 Å². The fourth-order valence-electron chi connectivity index (χ4n) is 4.67. The molecule has 1 unspecified atom stereocenters. The van der Waals surface area contributed by atoms with Crippen molar-refractivity contribution >= 4 is 5.69 Å². The van der Waals surface area contributed by atoms with Crippen molar-refractivity contribution in [3.05, 3.63) is 75.3 Å². The lowest BCUT2D eigenvalue weighted by Gasteiger charge is -2.36. The molecule has 2 heterocycles. The molecule has 2 N–H and O–H groups in total. The van der Waals surface area contributed by atoms with Gasteiger partial charge in [0.15, 0.2) is 0 Å². The number of nitro groups is 1. The Kier molecular flexibility index (Phi) is 5.00. The maximum Gasteiger partial charge on any atom is 0.278 e. The number of hydrogen-bond donors (Lipinski definition) is 2. The first-order chi connectivity index (χ1) is 12.7. The molecule has 1 fully saturated rings. The van der Waals surface area contributed by atoms with Gasteiger partial charge in [0.25, 0.3) is 5.69 Å². The van der Waals surface area contributed by atoms with Gasteiger partial charge in [0.05, 0.1) is 36.2 Å². The molecule has 0 aliphatic carbocycles. The number of rotatable bonds is 4. The summed E-state index contributed by atoms with van der Waals surface area (Å²) in [5.74, 6) is 0. The quantitative estimate of drug-likeness (QED) is 0.631. The minimum Gasteiger partial charge on any atom is -0.331 e. The number of fused-ring (bicyclic) bond motifs is 1. The smallest absolute Gasteiger partial charge is 0.278 e. The van der Waals surface area contributed by atoms with Crippen LogP contribution in [-0.2, 0) is 19.5 Å². The van der Waals surface area contributed by atoms with E-state index >= 15 is 0 Å². The lowest BCUT2D eigenvalue weighted by molar-refractivity contribution is -0.972. The van der Waals surface area contributed by atoms with Gasteiger partial charge in [-0.2, -0.15) is 0 Å². The summed E-state index contributed by atoms with van der Waals surface area (Å²) in [5.41, 5.74) is 4.17. The molecule has 0 bridgehead atoms. The van der Waals surface area contributed by atoms with Gasteiger partial charge >= 0.3 is 0 Å². The number of piperidine rings is 1. The van der Waals surface area contributed by atoms with Crippen LogP contribution in [0.1, 0.15) is 29.5 Å². The number of quaternary nitrogens is 2. The third-order valence-electron chi connectivity index (χ3n) is 6.15. The van der Waals surface area contributed by atoms with E-state index in [1.54, 1.807) is 17.0 Å². The van der Waals surface area contributed by atoms with Crippen LogP contribution in [0.25, 0.3) is 0 Å². The Morgan fingerprint density at radius 3 is 2.42 bits per heavy atom. The predicted octanol–water partition coefficient (Wildman–Crippen LogP) is 0.783. The molecule has 0 aromatic heterocycles. The minimum atomic E-state index is -0.253. The first-order valence-corrected chi connectivity index (χ1v) is 9.68. The van der Waals surface area contributed by atoms with Crippen LogP contribution in [0.15, 0.2) is 48.5 Å². The molecule has 2 aliphatic heterocycles. The zero-order chi connectivity index (χ0) is 17.9. The Hall–Kier alpha value is -2.24. The first kappa shape index (κ1) is 17.2. The number of nitro benzene ring substituents is 1. The molecule has 0 amide bonds. The fraction of sp³-hybridized carbons (Fsp3) is 0.429. The molecule has 136 valence electrons. The van der Waals surface area contributed by atoms with E-state index in [2.05, 4.69) is 24.3 Å². The van der Waals surface area contributed by atoms with Crippen LogP contribution in [0.5, 0.6) is 0 Å².